The topological polar surface area (TPSA) is 51.7 Å². The minimum absolute atomic E-state index is 0.281. The third kappa shape index (κ3) is 4.46. The normalized spacial score (nSPS) is 14.4. The highest BCUT2D eigenvalue weighted by molar-refractivity contribution is 5.88. The maximum atomic E-state index is 12.3. The summed E-state index contributed by atoms with van der Waals surface area (Å²) >= 11 is 0. The Kier molecular flexibility index (Phi) is 5.44. The van der Waals surface area contributed by atoms with Crippen LogP contribution in [0.5, 0.6) is 11.6 Å². The molecule has 1 aromatic heterocycles. The first-order valence-electron chi connectivity index (χ1n) is 10.2. The van der Waals surface area contributed by atoms with Crippen molar-refractivity contribution in [3.05, 3.63) is 72.4 Å². The Balaban J connectivity index is 1.56. The van der Waals surface area contributed by atoms with Crippen LogP contribution in [0.25, 0.3) is 16.3 Å². The van der Waals surface area contributed by atoms with Gasteiger partial charge in [-0.1, -0.05) is 42.5 Å². The summed E-state index contributed by atoms with van der Waals surface area (Å²) in [5.74, 6) is 1.35. The Labute approximate surface area is 176 Å². The third-order valence-corrected chi connectivity index (χ3v) is 4.93. The molecule has 3 aromatic rings. The van der Waals surface area contributed by atoms with Gasteiger partial charge in [0.05, 0.1) is 0 Å². The third-order valence-electron chi connectivity index (χ3n) is 4.93. The second-order valence-corrected chi connectivity index (χ2v) is 8.34. The minimum Gasteiger partial charge on any atom is -0.444 e. The van der Waals surface area contributed by atoms with Gasteiger partial charge in [-0.15, -0.1) is 0 Å². The summed E-state index contributed by atoms with van der Waals surface area (Å²) in [5, 5.41) is 2.17. The second kappa shape index (κ2) is 8.19. The number of fused-ring (bicyclic) bond motifs is 1. The molecule has 0 aliphatic carbocycles. The van der Waals surface area contributed by atoms with Crippen molar-refractivity contribution in [3.8, 4) is 11.6 Å². The lowest BCUT2D eigenvalue weighted by molar-refractivity contribution is 0.0270. The van der Waals surface area contributed by atoms with Gasteiger partial charge in [0, 0.05) is 30.2 Å². The fourth-order valence-electron chi connectivity index (χ4n) is 3.51. The van der Waals surface area contributed by atoms with E-state index < -0.39 is 5.60 Å². The van der Waals surface area contributed by atoms with Gasteiger partial charge in [0.1, 0.15) is 11.4 Å². The Morgan fingerprint density at radius 1 is 1.03 bits per heavy atom. The number of nitrogens with zero attached hydrogens (tertiary/aromatic N) is 2. The van der Waals surface area contributed by atoms with Crippen molar-refractivity contribution in [2.75, 3.05) is 13.1 Å². The van der Waals surface area contributed by atoms with Crippen LogP contribution in [0, 0.1) is 0 Å². The van der Waals surface area contributed by atoms with E-state index >= 15 is 0 Å². The Morgan fingerprint density at radius 3 is 2.60 bits per heavy atom. The second-order valence-electron chi connectivity index (χ2n) is 8.34. The van der Waals surface area contributed by atoms with Gasteiger partial charge in [-0.25, -0.2) is 9.78 Å². The number of pyridine rings is 1. The number of aromatic nitrogens is 1. The van der Waals surface area contributed by atoms with E-state index in [9.17, 15) is 4.79 Å². The molecule has 5 nitrogen and oxygen atoms in total. The predicted molar refractivity (Wildman–Crippen MR) is 119 cm³/mol. The van der Waals surface area contributed by atoms with Gasteiger partial charge < -0.3 is 14.4 Å². The van der Waals surface area contributed by atoms with Crippen molar-refractivity contribution in [2.45, 2.75) is 32.8 Å². The molecular weight excluding hydrogens is 376 g/mol. The summed E-state index contributed by atoms with van der Waals surface area (Å²) in [7, 11) is 0. The first-order chi connectivity index (χ1) is 14.4. The molecule has 2 aromatic carbocycles. The highest BCUT2D eigenvalue weighted by Crippen LogP contribution is 2.34. The van der Waals surface area contributed by atoms with Gasteiger partial charge in [0.25, 0.3) is 0 Å². The zero-order chi connectivity index (χ0) is 21.1. The fourth-order valence-corrected chi connectivity index (χ4v) is 3.51. The molecule has 1 aliphatic rings. The lowest BCUT2D eigenvalue weighted by atomic mass is 10.0. The van der Waals surface area contributed by atoms with E-state index in [0.29, 0.717) is 19.0 Å². The number of carbonyl (C=O) groups excluding carboxylic acids is 1. The van der Waals surface area contributed by atoms with E-state index in [4.69, 9.17) is 9.47 Å². The summed E-state index contributed by atoms with van der Waals surface area (Å²) in [6.45, 7) is 6.74. The zero-order valence-corrected chi connectivity index (χ0v) is 17.6. The summed E-state index contributed by atoms with van der Waals surface area (Å²) in [4.78, 5) is 18.5. The largest absolute Gasteiger partial charge is 0.444 e. The summed E-state index contributed by atoms with van der Waals surface area (Å²) in [5.41, 5.74) is 1.58. The molecule has 0 radical (unpaired) electrons. The van der Waals surface area contributed by atoms with Crippen molar-refractivity contribution in [1.82, 2.24) is 9.88 Å². The highest BCUT2D eigenvalue weighted by Gasteiger charge is 2.25. The number of ether oxygens (including phenoxy) is 2. The fraction of sp³-hybridized carbons (Fsp3) is 0.280. The molecule has 2 heterocycles. The van der Waals surface area contributed by atoms with Crippen LogP contribution in [0.3, 0.4) is 0 Å². The lowest BCUT2D eigenvalue weighted by Crippen LogP contribution is -2.39. The van der Waals surface area contributed by atoms with Gasteiger partial charge in [0.2, 0.25) is 5.88 Å². The van der Waals surface area contributed by atoms with Crippen LogP contribution in [0.15, 0.2) is 66.9 Å². The first-order valence-corrected chi connectivity index (χ1v) is 10.2. The molecule has 0 unspecified atom stereocenters. The summed E-state index contributed by atoms with van der Waals surface area (Å²) in [6, 6.07) is 18.1. The van der Waals surface area contributed by atoms with Crippen LogP contribution >= 0.6 is 0 Å². The van der Waals surface area contributed by atoms with E-state index in [-0.39, 0.29) is 6.09 Å². The van der Waals surface area contributed by atoms with Crippen LogP contribution in [0.1, 0.15) is 32.8 Å². The maximum Gasteiger partial charge on any atom is 0.410 e. The predicted octanol–water partition coefficient (Wildman–Crippen LogP) is 6.05. The number of rotatable bonds is 3. The van der Waals surface area contributed by atoms with Gasteiger partial charge in [-0.2, -0.15) is 0 Å². The first kappa shape index (κ1) is 20.0. The minimum atomic E-state index is -0.496. The number of hydrogen-bond donors (Lipinski definition) is 0. The molecule has 0 fully saturated rings. The van der Waals surface area contributed by atoms with Crippen LogP contribution in [-0.4, -0.2) is 34.7 Å². The standard InChI is InChI=1S/C25H26N2O3/c1-25(2,3)30-24(28)27-16-13-19(14-17-27)21-11-7-15-26-23(21)29-22-12-6-9-18-8-4-5-10-20(18)22/h4-13,15H,14,16-17H2,1-3H3. The molecule has 0 atom stereocenters. The van der Waals surface area contributed by atoms with Gasteiger partial charge >= 0.3 is 6.09 Å². The average molecular weight is 402 g/mol. The molecule has 4 rings (SSSR count). The molecular formula is C25H26N2O3. The number of carbonyl (C=O) groups is 1. The van der Waals surface area contributed by atoms with Crippen LogP contribution in [-0.2, 0) is 4.74 Å². The van der Waals surface area contributed by atoms with E-state index in [1.165, 1.54) is 0 Å². The van der Waals surface area contributed by atoms with Crippen molar-refractivity contribution >= 4 is 22.4 Å². The molecule has 5 heteroatoms. The molecule has 1 amide bonds. The number of amides is 1. The SMILES string of the molecule is CC(C)(C)OC(=O)N1CC=C(c2cccnc2Oc2cccc3ccccc23)CC1. The lowest BCUT2D eigenvalue weighted by Gasteiger charge is -2.29. The van der Waals surface area contributed by atoms with Gasteiger partial charge in [-0.3, -0.25) is 0 Å². The van der Waals surface area contributed by atoms with E-state index in [1.807, 2.05) is 63.2 Å². The van der Waals surface area contributed by atoms with Gasteiger partial charge in [-0.05, 0) is 56.4 Å². The maximum absolute atomic E-state index is 12.3. The Bertz CT molecular complexity index is 1090. The highest BCUT2D eigenvalue weighted by atomic mass is 16.6. The average Bonchev–Trinajstić information content (AvgIpc) is 2.73. The van der Waals surface area contributed by atoms with Crippen LogP contribution < -0.4 is 4.74 Å². The molecule has 0 saturated carbocycles. The molecule has 0 bridgehead atoms. The van der Waals surface area contributed by atoms with E-state index in [0.717, 1.165) is 34.1 Å². The van der Waals surface area contributed by atoms with Crippen LogP contribution in [0.4, 0.5) is 4.79 Å². The number of benzene rings is 2. The number of hydrogen-bond acceptors (Lipinski definition) is 4. The van der Waals surface area contributed by atoms with E-state index in [2.05, 4.69) is 23.2 Å². The molecule has 30 heavy (non-hydrogen) atoms. The Hall–Kier alpha value is -3.34. The monoisotopic (exact) mass is 402 g/mol. The quantitative estimate of drug-likeness (QED) is 0.535. The van der Waals surface area contributed by atoms with Crippen molar-refractivity contribution in [3.63, 3.8) is 0 Å². The van der Waals surface area contributed by atoms with Gasteiger partial charge in [0.15, 0.2) is 0 Å². The molecule has 154 valence electrons. The summed E-state index contributed by atoms with van der Waals surface area (Å²) < 4.78 is 11.7. The van der Waals surface area contributed by atoms with Crippen molar-refractivity contribution in [1.29, 1.82) is 0 Å². The van der Waals surface area contributed by atoms with Crippen molar-refractivity contribution < 1.29 is 14.3 Å². The summed E-state index contributed by atoms with van der Waals surface area (Å²) in [6.07, 6.45) is 4.23. The Morgan fingerprint density at radius 2 is 1.83 bits per heavy atom. The smallest absolute Gasteiger partial charge is 0.410 e. The molecule has 0 saturated heterocycles. The molecule has 1 aliphatic heterocycles. The molecule has 0 N–H and O–H groups in total. The van der Waals surface area contributed by atoms with Crippen LogP contribution in [0.2, 0.25) is 0 Å². The zero-order valence-electron chi connectivity index (χ0n) is 17.6. The van der Waals surface area contributed by atoms with Crippen molar-refractivity contribution in [2.24, 2.45) is 0 Å². The molecule has 0 spiro atoms. The van der Waals surface area contributed by atoms with E-state index in [1.54, 1.807) is 11.1 Å².